The Morgan fingerprint density at radius 2 is 2.00 bits per heavy atom. The zero-order valence-corrected chi connectivity index (χ0v) is 18.9. The molecule has 4 heterocycles. The molecule has 6 rings (SSSR count). The number of imidazole rings is 1. The minimum absolute atomic E-state index is 0.174. The van der Waals surface area contributed by atoms with E-state index in [0.717, 1.165) is 54.5 Å². The highest BCUT2D eigenvalue weighted by atomic mass is 16.5. The standard InChI is InChI=1S/C24H28N6O3/c1-31-20-10-9-16(12-21(20)32-2)22-27-23-25-14-28(13-17-6-5-11-33-17)15-29(23)24-26-18-7-3-4-8-19(18)30(22)24/h3-4,7-10,12,17,22H,5-6,11,13-15H2,1-2H3,(H,25,27)/t17-,22-/m0/s1. The van der Waals surface area contributed by atoms with E-state index in [2.05, 4.69) is 37.9 Å². The number of benzene rings is 2. The number of hydrogen-bond acceptors (Lipinski definition) is 8. The van der Waals surface area contributed by atoms with Crippen LogP contribution >= 0.6 is 0 Å². The van der Waals surface area contributed by atoms with Crippen molar-refractivity contribution >= 4 is 22.9 Å². The van der Waals surface area contributed by atoms with Crippen molar-refractivity contribution < 1.29 is 14.2 Å². The summed E-state index contributed by atoms with van der Waals surface area (Å²) >= 11 is 0. The number of para-hydroxylation sites is 2. The number of ether oxygens (including phenoxy) is 3. The number of fused-ring (bicyclic) bond motifs is 5. The molecule has 33 heavy (non-hydrogen) atoms. The van der Waals surface area contributed by atoms with Crippen LogP contribution in [0.3, 0.4) is 0 Å². The summed E-state index contributed by atoms with van der Waals surface area (Å²) in [5.41, 5.74) is 3.06. The van der Waals surface area contributed by atoms with Gasteiger partial charge in [-0.2, -0.15) is 0 Å². The second-order valence-electron chi connectivity index (χ2n) is 8.61. The van der Waals surface area contributed by atoms with Gasteiger partial charge in [0.05, 0.1) is 44.7 Å². The van der Waals surface area contributed by atoms with Gasteiger partial charge in [0.15, 0.2) is 11.5 Å². The number of rotatable bonds is 5. The first-order chi connectivity index (χ1) is 16.2. The fourth-order valence-corrected chi connectivity index (χ4v) is 4.96. The SMILES string of the molecule is COc1ccc([C@H]2NC3=NCN(C[C@@H]4CCCO4)CN3c3nc4ccccc4n32)cc1OC. The molecular formula is C24H28N6O3. The van der Waals surface area contributed by atoms with Crippen LogP contribution in [0, 0.1) is 0 Å². The first-order valence-corrected chi connectivity index (χ1v) is 11.4. The highest BCUT2D eigenvalue weighted by Crippen LogP contribution is 2.37. The van der Waals surface area contributed by atoms with E-state index >= 15 is 0 Å². The van der Waals surface area contributed by atoms with Gasteiger partial charge in [0, 0.05) is 13.2 Å². The molecule has 0 unspecified atom stereocenters. The van der Waals surface area contributed by atoms with Gasteiger partial charge in [-0.15, -0.1) is 0 Å². The van der Waals surface area contributed by atoms with E-state index in [-0.39, 0.29) is 12.3 Å². The van der Waals surface area contributed by atoms with Crippen LogP contribution in [0.2, 0.25) is 0 Å². The first kappa shape index (κ1) is 20.3. The summed E-state index contributed by atoms with van der Waals surface area (Å²) in [6, 6.07) is 14.2. The maximum Gasteiger partial charge on any atom is 0.216 e. The molecule has 1 N–H and O–H groups in total. The minimum Gasteiger partial charge on any atom is -0.493 e. The molecule has 1 aromatic heterocycles. The van der Waals surface area contributed by atoms with Crippen molar-refractivity contribution in [3.8, 4) is 11.5 Å². The lowest BCUT2D eigenvalue weighted by Gasteiger charge is -2.42. The molecular weight excluding hydrogens is 420 g/mol. The van der Waals surface area contributed by atoms with Gasteiger partial charge in [0.2, 0.25) is 11.9 Å². The van der Waals surface area contributed by atoms with Crippen LogP contribution in [-0.2, 0) is 4.74 Å². The predicted molar refractivity (Wildman–Crippen MR) is 126 cm³/mol. The molecule has 0 aliphatic carbocycles. The normalized spacial score (nSPS) is 22.5. The number of nitrogens with one attached hydrogen (secondary N) is 1. The fourth-order valence-electron chi connectivity index (χ4n) is 4.96. The molecule has 1 fully saturated rings. The van der Waals surface area contributed by atoms with Gasteiger partial charge in [0.25, 0.3) is 0 Å². The van der Waals surface area contributed by atoms with Crippen molar-refractivity contribution in [2.24, 2.45) is 4.99 Å². The lowest BCUT2D eigenvalue weighted by Crippen LogP contribution is -2.58. The first-order valence-electron chi connectivity index (χ1n) is 11.4. The van der Waals surface area contributed by atoms with Gasteiger partial charge >= 0.3 is 0 Å². The topological polar surface area (TPSA) is 76.4 Å². The zero-order valence-electron chi connectivity index (χ0n) is 18.9. The Labute approximate surface area is 192 Å². The molecule has 3 aliphatic heterocycles. The number of nitrogens with zero attached hydrogens (tertiary/aromatic N) is 5. The largest absolute Gasteiger partial charge is 0.493 e. The maximum atomic E-state index is 5.86. The molecule has 0 spiro atoms. The molecule has 3 aliphatic rings. The minimum atomic E-state index is -0.174. The second-order valence-corrected chi connectivity index (χ2v) is 8.61. The number of anilines is 1. The molecule has 0 amide bonds. The summed E-state index contributed by atoms with van der Waals surface area (Å²) in [5.74, 6) is 3.11. The zero-order chi connectivity index (χ0) is 22.4. The van der Waals surface area contributed by atoms with Crippen LogP contribution in [0.5, 0.6) is 11.5 Å². The Morgan fingerprint density at radius 1 is 1.12 bits per heavy atom. The number of hydrogen-bond donors (Lipinski definition) is 1. The average Bonchev–Trinajstić information content (AvgIpc) is 3.51. The smallest absolute Gasteiger partial charge is 0.216 e. The summed E-state index contributed by atoms with van der Waals surface area (Å²) in [4.78, 5) is 14.4. The Balaban J connectivity index is 1.41. The third-order valence-electron chi connectivity index (χ3n) is 6.57. The third kappa shape index (κ3) is 3.48. The molecule has 9 nitrogen and oxygen atoms in total. The quantitative estimate of drug-likeness (QED) is 0.643. The summed E-state index contributed by atoms with van der Waals surface area (Å²) in [6.45, 7) is 3.10. The third-order valence-corrected chi connectivity index (χ3v) is 6.57. The number of methoxy groups -OCH3 is 2. The van der Waals surface area contributed by atoms with Crippen molar-refractivity contribution in [3.05, 3.63) is 48.0 Å². The molecule has 2 atom stereocenters. The Bertz CT molecular complexity index is 1200. The predicted octanol–water partition coefficient (Wildman–Crippen LogP) is 2.78. The number of aromatic nitrogens is 2. The van der Waals surface area contributed by atoms with Gasteiger partial charge < -0.3 is 19.5 Å². The maximum absolute atomic E-state index is 5.86. The summed E-state index contributed by atoms with van der Waals surface area (Å²) < 4.78 is 19.1. The van der Waals surface area contributed by atoms with E-state index < -0.39 is 0 Å². The molecule has 0 saturated carbocycles. The van der Waals surface area contributed by atoms with E-state index in [0.29, 0.717) is 24.8 Å². The van der Waals surface area contributed by atoms with Gasteiger partial charge in [-0.25, -0.2) is 9.98 Å². The van der Waals surface area contributed by atoms with E-state index in [1.165, 1.54) is 0 Å². The van der Waals surface area contributed by atoms with Gasteiger partial charge in [-0.05, 0) is 42.7 Å². The molecule has 3 aromatic rings. The summed E-state index contributed by atoms with van der Waals surface area (Å²) in [7, 11) is 3.30. The van der Waals surface area contributed by atoms with E-state index in [1.807, 2.05) is 24.3 Å². The molecule has 0 bridgehead atoms. The van der Waals surface area contributed by atoms with Crippen LogP contribution in [0.15, 0.2) is 47.5 Å². The summed E-state index contributed by atoms with van der Waals surface area (Å²) in [5, 5.41) is 3.65. The highest BCUT2D eigenvalue weighted by molar-refractivity contribution is 5.98. The number of aliphatic imine (C=N–C) groups is 1. The van der Waals surface area contributed by atoms with Crippen molar-refractivity contribution in [2.75, 3.05) is 45.6 Å². The van der Waals surface area contributed by atoms with Crippen LogP contribution in [0.1, 0.15) is 24.6 Å². The van der Waals surface area contributed by atoms with Crippen molar-refractivity contribution in [3.63, 3.8) is 0 Å². The highest BCUT2D eigenvalue weighted by Gasteiger charge is 2.36. The Morgan fingerprint density at radius 3 is 2.82 bits per heavy atom. The van der Waals surface area contributed by atoms with Crippen LogP contribution in [0.25, 0.3) is 11.0 Å². The Kier molecular flexibility index (Phi) is 5.07. The van der Waals surface area contributed by atoms with E-state index in [9.17, 15) is 0 Å². The monoisotopic (exact) mass is 448 g/mol. The lowest BCUT2D eigenvalue weighted by molar-refractivity contribution is 0.0732. The van der Waals surface area contributed by atoms with Gasteiger partial charge in [0.1, 0.15) is 6.17 Å². The van der Waals surface area contributed by atoms with Gasteiger partial charge in [-0.3, -0.25) is 14.4 Å². The molecule has 172 valence electrons. The summed E-state index contributed by atoms with van der Waals surface area (Å²) in [6.07, 6.45) is 2.37. The number of guanidine groups is 1. The Hall–Kier alpha value is -3.30. The van der Waals surface area contributed by atoms with E-state index in [1.54, 1.807) is 14.2 Å². The lowest BCUT2D eigenvalue weighted by atomic mass is 10.1. The van der Waals surface area contributed by atoms with Crippen molar-refractivity contribution in [1.82, 2.24) is 19.8 Å². The average molecular weight is 449 g/mol. The second kappa shape index (κ2) is 8.24. The van der Waals surface area contributed by atoms with Crippen LogP contribution in [0.4, 0.5) is 5.95 Å². The van der Waals surface area contributed by atoms with Crippen LogP contribution in [-0.4, -0.2) is 67.2 Å². The van der Waals surface area contributed by atoms with Gasteiger partial charge in [-0.1, -0.05) is 18.2 Å². The molecule has 0 radical (unpaired) electrons. The van der Waals surface area contributed by atoms with Crippen molar-refractivity contribution in [1.29, 1.82) is 0 Å². The van der Waals surface area contributed by atoms with Crippen LogP contribution < -0.4 is 19.7 Å². The fraction of sp³-hybridized carbons (Fsp3) is 0.417. The van der Waals surface area contributed by atoms with E-state index in [4.69, 9.17) is 24.2 Å². The van der Waals surface area contributed by atoms with Crippen molar-refractivity contribution in [2.45, 2.75) is 25.1 Å². The molecule has 2 aromatic carbocycles. The molecule has 9 heteroatoms. The molecule has 1 saturated heterocycles.